The monoisotopic (exact) mass is 360 g/mol. The van der Waals surface area contributed by atoms with Gasteiger partial charge in [0.15, 0.2) is 0 Å². The molecule has 3 nitrogen and oxygen atoms in total. The number of aromatic hydroxyl groups is 1. The zero-order valence-electron chi connectivity index (χ0n) is 15.7. The fraction of sp³-hybridized carbons (Fsp3) is 0.167. The maximum atomic E-state index is 9.90. The number of allylic oxidation sites excluding steroid dienone is 1. The minimum absolute atomic E-state index is 0.226. The summed E-state index contributed by atoms with van der Waals surface area (Å²) in [6.45, 7) is 8.82. The number of aryl methyl sites for hydroxylation is 1. The van der Waals surface area contributed by atoms with E-state index in [4.69, 9.17) is 9.47 Å². The first-order valence-corrected chi connectivity index (χ1v) is 8.91. The summed E-state index contributed by atoms with van der Waals surface area (Å²) in [6.07, 6.45) is 0. The summed E-state index contributed by atoms with van der Waals surface area (Å²) in [7, 11) is 0. The first kappa shape index (κ1) is 18.6. The molecule has 0 heterocycles. The summed E-state index contributed by atoms with van der Waals surface area (Å²) < 4.78 is 11.9. The Hall–Kier alpha value is -3.20. The zero-order valence-corrected chi connectivity index (χ0v) is 15.7. The van der Waals surface area contributed by atoms with Crippen molar-refractivity contribution in [2.24, 2.45) is 0 Å². The largest absolute Gasteiger partial charge is 0.508 e. The number of hydrogen-bond donors (Lipinski definition) is 1. The molecule has 0 saturated heterocycles. The van der Waals surface area contributed by atoms with Crippen LogP contribution in [0.3, 0.4) is 0 Å². The average molecular weight is 360 g/mol. The minimum atomic E-state index is 0.226. The lowest BCUT2D eigenvalue weighted by Crippen LogP contribution is -2.00. The highest BCUT2D eigenvalue weighted by Gasteiger charge is 2.07. The van der Waals surface area contributed by atoms with E-state index in [0.717, 1.165) is 28.0 Å². The highest BCUT2D eigenvalue weighted by atomic mass is 16.5. The summed E-state index contributed by atoms with van der Waals surface area (Å²) >= 11 is 0. The Balaban J connectivity index is 1.77. The molecule has 138 valence electrons. The third-order valence-electron chi connectivity index (χ3n) is 4.41. The number of benzene rings is 3. The van der Waals surface area contributed by atoms with Crippen molar-refractivity contribution in [1.82, 2.24) is 0 Å². The van der Waals surface area contributed by atoms with E-state index in [1.54, 1.807) is 12.1 Å². The van der Waals surface area contributed by atoms with Crippen LogP contribution in [0.1, 0.15) is 29.2 Å². The Labute approximate surface area is 160 Å². The maximum absolute atomic E-state index is 9.90. The van der Waals surface area contributed by atoms with Gasteiger partial charge >= 0.3 is 0 Å². The molecule has 3 rings (SSSR count). The summed E-state index contributed by atoms with van der Waals surface area (Å²) in [5, 5.41) is 9.90. The molecule has 0 radical (unpaired) electrons. The molecule has 0 spiro atoms. The van der Waals surface area contributed by atoms with Crippen molar-refractivity contribution >= 4 is 5.57 Å². The second-order valence-corrected chi connectivity index (χ2v) is 6.61. The average Bonchev–Trinajstić information content (AvgIpc) is 2.66. The van der Waals surface area contributed by atoms with Crippen LogP contribution in [-0.2, 0) is 13.2 Å². The molecule has 1 N–H and O–H groups in total. The highest BCUT2D eigenvalue weighted by molar-refractivity contribution is 5.64. The first-order chi connectivity index (χ1) is 13.0. The van der Waals surface area contributed by atoms with E-state index in [1.807, 2.05) is 49.4 Å². The summed E-state index contributed by atoms with van der Waals surface area (Å²) in [4.78, 5) is 0. The van der Waals surface area contributed by atoms with E-state index in [2.05, 4.69) is 25.6 Å². The van der Waals surface area contributed by atoms with E-state index in [-0.39, 0.29) is 12.4 Å². The fourth-order valence-corrected chi connectivity index (χ4v) is 2.71. The van der Waals surface area contributed by atoms with E-state index >= 15 is 0 Å². The number of ether oxygens (including phenoxy) is 2. The van der Waals surface area contributed by atoms with E-state index in [0.29, 0.717) is 12.4 Å². The lowest BCUT2D eigenvalue weighted by atomic mass is 10.1. The molecule has 0 aromatic heterocycles. The third-order valence-corrected chi connectivity index (χ3v) is 4.41. The quantitative estimate of drug-likeness (QED) is 0.571. The Kier molecular flexibility index (Phi) is 5.82. The van der Waals surface area contributed by atoms with E-state index in [9.17, 15) is 5.11 Å². The topological polar surface area (TPSA) is 38.7 Å². The molecule has 3 aromatic carbocycles. The second kappa shape index (κ2) is 8.45. The molecule has 0 amide bonds. The van der Waals surface area contributed by atoms with Crippen LogP contribution in [0.15, 0.2) is 73.3 Å². The molecule has 0 saturated carbocycles. The number of para-hydroxylation sites is 1. The van der Waals surface area contributed by atoms with Crippen molar-refractivity contribution in [2.45, 2.75) is 27.1 Å². The van der Waals surface area contributed by atoms with Gasteiger partial charge in [-0.2, -0.15) is 0 Å². The van der Waals surface area contributed by atoms with Gasteiger partial charge in [-0.1, -0.05) is 54.6 Å². The Morgan fingerprint density at radius 3 is 2.00 bits per heavy atom. The van der Waals surface area contributed by atoms with Gasteiger partial charge in [-0.25, -0.2) is 0 Å². The predicted octanol–water partition coefficient (Wildman–Crippen LogP) is 5.89. The molecule has 0 unspecified atom stereocenters. The minimum Gasteiger partial charge on any atom is -0.508 e. The summed E-state index contributed by atoms with van der Waals surface area (Å²) in [6, 6.07) is 21.1. The molecule has 3 heteroatoms. The van der Waals surface area contributed by atoms with Crippen molar-refractivity contribution < 1.29 is 14.6 Å². The van der Waals surface area contributed by atoms with Crippen molar-refractivity contribution in [3.8, 4) is 17.2 Å². The van der Waals surface area contributed by atoms with Gasteiger partial charge in [-0.15, -0.1) is 0 Å². The standard InChI is InChI=1S/C24H24O3/c1-17(2)21-12-22(26-15-19-9-5-4-8-18(19)3)14-23(13-21)27-16-20-10-6-7-11-24(20)25/h4-14,25H,1,15-16H2,2-3H3. The number of phenolic OH excluding ortho intramolecular Hbond substituents is 1. The van der Waals surface area contributed by atoms with E-state index in [1.165, 1.54) is 5.56 Å². The van der Waals surface area contributed by atoms with Crippen molar-refractivity contribution in [3.63, 3.8) is 0 Å². The Morgan fingerprint density at radius 1 is 0.852 bits per heavy atom. The molecular weight excluding hydrogens is 336 g/mol. The molecule has 3 aromatic rings. The van der Waals surface area contributed by atoms with Gasteiger partial charge in [0.25, 0.3) is 0 Å². The zero-order chi connectivity index (χ0) is 19.2. The number of phenols is 1. The van der Waals surface area contributed by atoms with Crippen molar-refractivity contribution in [3.05, 3.63) is 95.6 Å². The molecule has 0 aliphatic rings. The van der Waals surface area contributed by atoms with Crippen LogP contribution < -0.4 is 9.47 Å². The van der Waals surface area contributed by atoms with E-state index < -0.39 is 0 Å². The summed E-state index contributed by atoms with van der Waals surface area (Å²) in [5.41, 5.74) is 4.98. The summed E-state index contributed by atoms with van der Waals surface area (Å²) in [5.74, 6) is 1.63. The molecule has 0 fully saturated rings. The van der Waals surface area contributed by atoms with Crippen LogP contribution >= 0.6 is 0 Å². The number of rotatable bonds is 7. The van der Waals surface area contributed by atoms with Crippen LogP contribution in [0.4, 0.5) is 0 Å². The molecular formula is C24H24O3. The number of hydrogen-bond acceptors (Lipinski definition) is 3. The van der Waals surface area contributed by atoms with Crippen LogP contribution in [-0.4, -0.2) is 5.11 Å². The van der Waals surface area contributed by atoms with Gasteiger partial charge in [0, 0.05) is 11.6 Å². The predicted molar refractivity (Wildman–Crippen MR) is 109 cm³/mol. The first-order valence-electron chi connectivity index (χ1n) is 8.91. The van der Waals surface area contributed by atoms with Crippen LogP contribution in [0.5, 0.6) is 17.2 Å². The van der Waals surface area contributed by atoms with Crippen LogP contribution in [0.2, 0.25) is 0 Å². The lowest BCUT2D eigenvalue weighted by Gasteiger charge is -2.14. The van der Waals surface area contributed by atoms with Crippen molar-refractivity contribution in [2.75, 3.05) is 0 Å². The Bertz CT molecular complexity index is 876. The smallest absolute Gasteiger partial charge is 0.124 e. The van der Waals surface area contributed by atoms with Gasteiger partial charge in [0.05, 0.1) is 0 Å². The Morgan fingerprint density at radius 2 is 1.41 bits per heavy atom. The second-order valence-electron chi connectivity index (χ2n) is 6.61. The van der Waals surface area contributed by atoms with Gasteiger partial charge < -0.3 is 14.6 Å². The third kappa shape index (κ3) is 4.91. The van der Waals surface area contributed by atoms with Crippen molar-refractivity contribution in [1.29, 1.82) is 0 Å². The molecule has 0 bridgehead atoms. The molecule has 0 aliphatic heterocycles. The molecule has 27 heavy (non-hydrogen) atoms. The van der Waals surface area contributed by atoms with Gasteiger partial charge in [0.2, 0.25) is 0 Å². The lowest BCUT2D eigenvalue weighted by molar-refractivity contribution is 0.286. The van der Waals surface area contributed by atoms with Gasteiger partial charge in [-0.05, 0) is 48.7 Å². The maximum Gasteiger partial charge on any atom is 0.124 e. The van der Waals surface area contributed by atoms with Crippen LogP contribution in [0, 0.1) is 6.92 Å². The SMILES string of the molecule is C=C(C)c1cc(OCc2ccccc2C)cc(OCc2ccccc2O)c1. The molecule has 0 aliphatic carbocycles. The molecule has 0 atom stereocenters. The van der Waals surface area contributed by atoms with Gasteiger partial charge in [-0.3, -0.25) is 0 Å². The van der Waals surface area contributed by atoms with Crippen LogP contribution in [0.25, 0.3) is 5.57 Å². The highest BCUT2D eigenvalue weighted by Crippen LogP contribution is 2.28. The normalized spacial score (nSPS) is 10.4. The van der Waals surface area contributed by atoms with Gasteiger partial charge in [0.1, 0.15) is 30.5 Å². The fourth-order valence-electron chi connectivity index (χ4n) is 2.71.